The third-order valence-electron chi connectivity index (χ3n) is 5.55. The molecular weight excluding hydrogens is 366 g/mol. The van der Waals surface area contributed by atoms with Crippen molar-refractivity contribution < 1.29 is 18.4 Å². The molecule has 28 heavy (non-hydrogen) atoms. The molecule has 2 atom stereocenters. The summed E-state index contributed by atoms with van der Waals surface area (Å²) in [6.45, 7) is 8.68. The van der Waals surface area contributed by atoms with Gasteiger partial charge in [0.05, 0.1) is 0 Å². The monoisotopic (exact) mass is 394 g/mol. The minimum atomic E-state index is -0.938. The smallest absolute Gasteiger partial charge is 0.257 e. The van der Waals surface area contributed by atoms with Crippen LogP contribution in [0.4, 0.5) is 8.78 Å². The maximum atomic E-state index is 13.9. The molecule has 0 radical (unpaired) electrons. The number of piperazine rings is 1. The molecule has 2 amide bonds. The van der Waals surface area contributed by atoms with Crippen LogP contribution in [0.5, 0.6) is 0 Å². The number of benzene rings is 1. The van der Waals surface area contributed by atoms with Gasteiger partial charge in [0.15, 0.2) is 0 Å². The van der Waals surface area contributed by atoms with Gasteiger partial charge in [-0.25, -0.2) is 8.78 Å². The van der Waals surface area contributed by atoms with Crippen LogP contribution in [0.15, 0.2) is 18.2 Å². The zero-order valence-corrected chi connectivity index (χ0v) is 16.4. The SMILES string of the molecule is CC(C)C(NC(=O)c1c(F)cccc1F)C(=O)N1CCC(N2CCNCC2)C1. The molecule has 3 rings (SSSR count). The molecule has 2 saturated heterocycles. The van der Waals surface area contributed by atoms with E-state index < -0.39 is 29.1 Å². The molecule has 2 unspecified atom stereocenters. The van der Waals surface area contributed by atoms with E-state index >= 15 is 0 Å². The van der Waals surface area contributed by atoms with Gasteiger partial charge in [-0.2, -0.15) is 0 Å². The third-order valence-corrected chi connectivity index (χ3v) is 5.55. The first-order valence-corrected chi connectivity index (χ1v) is 9.87. The minimum absolute atomic E-state index is 0.197. The largest absolute Gasteiger partial charge is 0.340 e. The Bertz CT molecular complexity index is 702. The highest BCUT2D eigenvalue weighted by molar-refractivity contribution is 5.98. The first-order chi connectivity index (χ1) is 13.4. The van der Waals surface area contributed by atoms with E-state index in [2.05, 4.69) is 15.5 Å². The lowest BCUT2D eigenvalue weighted by Gasteiger charge is -2.33. The molecule has 8 heteroatoms. The first kappa shape index (κ1) is 20.7. The van der Waals surface area contributed by atoms with Crippen LogP contribution < -0.4 is 10.6 Å². The molecule has 154 valence electrons. The van der Waals surface area contributed by atoms with Crippen molar-refractivity contribution in [2.75, 3.05) is 39.3 Å². The Morgan fingerprint density at radius 1 is 1.14 bits per heavy atom. The summed E-state index contributed by atoms with van der Waals surface area (Å²) in [7, 11) is 0. The quantitative estimate of drug-likeness (QED) is 0.789. The van der Waals surface area contributed by atoms with Crippen LogP contribution in [0.2, 0.25) is 0 Å². The highest BCUT2D eigenvalue weighted by Gasteiger charge is 2.36. The van der Waals surface area contributed by atoms with Gasteiger partial charge in [0.1, 0.15) is 23.2 Å². The topological polar surface area (TPSA) is 64.7 Å². The van der Waals surface area contributed by atoms with E-state index in [9.17, 15) is 18.4 Å². The van der Waals surface area contributed by atoms with Gasteiger partial charge in [-0.1, -0.05) is 19.9 Å². The van der Waals surface area contributed by atoms with Crippen molar-refractivity contribution in [3.8, 4) is 0 Å². The maximum Gasteiger partial charge on any atom is 0.257 e. The number of hydrogen-bond donors (Lipinski definition) is 2. The van der Waals surface area contributed by atoms with Crippen molar-refractivity contribution in [3.05, 3.63) is 35.4 Å². The highest BCUT2D eigenvalue weighted by Crippen LogP contribution is 2.19. The molecule has 0 bridgehead atoms. The lowest BCUT2D eigenvalue weighted by Crippen LogP contribution is -2.52. The van der Waals surface area contributed by atoms with Crippen molar-refractivity contribution in [1.29, 1.82) is 0 Å². The predicted molar refractivity (Wildman–Crippen MR) is 102 cm³/mol. The second kappa shape index (κ2) is 8.96. The molecule has 0 spiro atoms. The summed E-state index contributed by atoms with van der Waals surface area (Å²) >= 11 is 0. The van der Waals surface area contributed by atoms with Gasteiger partial charge in [0, 0.05) is 45.3 Å². The van der Waals surface area contributed by atoms with Gasteiger partial charge in [-0.05, 0) is 24.5 Å². The molecular formula is C20H28F2N4O2. The number of rotatable bonds is 5. The Labute approximate surface area is 164 Å². The van der Waals surface area contributed by atoms with Crippen LogP contribution in [0.1, 0.15) is 30.6 Å². The average molecular weight is 394 g/mol. The normalized spacial score (nSPS) is 21.8. The molecule has 0 aromatic heterocycles. The number of carbonyl (C=O) groups excluding carboxylic acids is 2. The van der Waals surface area contributed by atoms with E-state index in [0.717, 1.165) is 44.7 Å². The van der Waals surface area contributed by atoms with Gasteiger partial charge < -0.3 is 15.5 Å². The molecule has 1 aromatic carbocycles. The summed E-state index contributed by atoms with van der Waals surface area (Å²) in [6.07, 6.45) is 0.895. The van der Waals surface area contributed by atoms with Crippen LogP contribution in [0.25, 0.3) is 0 Å². The van der Waals surface area contributed by atoms with Crippen LogP contribution in [-0.4, -0.2) is 73.0 Å². The van der Waals surface area contributed by atoms with Crippen molar-refractivity contribution in [2.24, 2.45) is 5.92 Å². The zero-order chi connectivity index (χ0) is 20.3. The molecule has 2 fully saturated rings. The number of amides is 2. The fourth-order valence-corrected chi connectivity index (χ4v) is 3.93. The first-order valence-electron chi connectivity index (χ1n) is 9.87. The number of likely N-dealkylation sites (tertiary alicyclic amines) is 1. The van der Waals surface area contributed by atoms with E-state index in [1.807, 2.05) is 13.8 Å². The van der Waals surface area contributed by atoms with Crippen molar-refractivity contribution in [1.82, 2.24) is 20.4 Å². The third kappa shape index (κ3) is 4.50. The van der Waals surface area contributed by atoms with E-state index in [1.54, 1.807) is 4.90 Å². The molecule has 2 aliphatic rings. The zero-order valence-electron chi connectivity index (χ0n) is 16.4. The predicted octanol–water partition coefficient (Wildman–Crippen LogP) is 1.23. The second-order valence-corrected chi connectivity index (χ2v) is 7.80. The Balaban J connectivity index is 1.67. The Kier molecular flexibility index (Phi) is 6.61. The van der Waals surface area contributed by atoms with Gasteiger partial charge in [-0.15, -0.1) is 0 Å². The number of carbonyl (C=O) groups is 2. The Morgan fingerprint density at radius 3 is 2.39 bits per heavy atom. The minimum Gasteiger partial charge on any atom is -0.340 e. The lowest BCUT2D eigenvalue weighted by molar-refractivity contribution is -0.133. The van der Waals surface area contributed by atoms with Gasteiger partial charge in [-0.3, -0.25) is 14.5 Å². The fraction of sp³-hybridized carbons (Fsp3) is 0.600. The second-order valence-electron chi connectivity index (χ2n) is 7.80. The van der Waals surface area contributed by atoms with E-state index in [0.29, 0.717) is 19.1 Å². The molecule has 1 aromatic rings. The summed E-state index contributed by atoms with van der Waals surface area (Å²) in [5, 5.41) is 5.87. The summed E-state index contributed by atoms with van der Waals surface area (Å²) in [5.74, 6) is -3.18. The summed E-state index contributed by atoms with van der Waals surface area (Å²) < 4.78 is 27.8. The lowest BCUT2D eigenvalue weighted by atomic mass is 10.0. The van der Waals surface area contributed by atoms with E-state index in [4.69, 9.17) is 0 Å². The van der Waals surface area contributed by atoms with Gasteiger partial charge in [0.2, 0.25) is 5.91 Å². The summed E-state index contributed by atoms with van der Waals surface area (Å²) in [5.41, 5.74) is -0.652. The Morgan fingerprint density at radius 2 is 1.79 bits per heavy atom. The molecule has 2 heterocycles. The van der Waals surface area contributed by atoms with Gasteiger partial charge in [0.25, 0.3) is 5.91 Å². The van der Waals surface area contributed by atoms with Crippen LogP contribution >= 0.6 is 0 Å². The molecule has 0 aliphatic carbocycles. The number of halogens is 2. The summed E-state index contributed by atoms with van der Waals surface area (Å²) in [6, 6.07) is 2.75. The summed E-state index contributed by atoms with van der Waals surface area (Å²) in [4.78, 5) is 29.6. The van der Waals surface area contributed by atoms with Crippen molar-refractivity contribution in [2.45, 2.75) is 32.4 Å². The number of hydrogen-bond acceptors (Lipinski definition) is 4. The fourth-order valence-electron chi connectivity index (χ4n) is 3.93. The highest BCUT2D eigenvalue weighted by atomic mass is 19.1. The maximum absolute atomic E-state index is 13.9. The molecule has 2 N–H and O–H groups in total. The van der Waals surface area contributed by atoms with Gasteiger partial charge >= 0.3 is 0 Å². The van der Waals surface area contributed by atoms with Crippen LogP contribution in [0.3, 0.4) is 0 Å². The Hall–Kier alpha value is -2.06. The van der Waals surface area contributed by atoms with E-state index in [-0.39, 0.29) is 11.8 Å². The van der Waals surface area contributed by atoms with Crippen molar-refractivity contribution >= 4 is 11.8 Å². The van der Waals surface area contributed by atoms with Crippen LogP contribution in [-0.2, 0) is 4.79 Å². The van der Waals surface area contributed by atoms with E-state index in [1.165, 1.54) is 6.07 Å². The standard InChI is InChI=1S/C20H28F2N4O2/c1-13(2)18(24-19(27)17-15(21)4-3-5-16(17)22)20(28)26-9-6-14(12-26)25-10-7-23-8-11-25/h3-5,13-14,18,23H,6-12H2,1-2H3,(H,24,27). The van der Waals surface area contributed by atoms with Crippen LogP contribution in [0, 0.1) is 17.6 Å². The number of nitrogens with zero attached hydrogens (tertiary/aromatic N) is 2. The molecule has 0 saturated carbocycles. The molecule has 6 nitrogen and oxygen atoms in total. The average Bonchev–Trinajstić information content (AvgIpc) is 3.16. The number of nitrogens with one attached hydrogen (secondary N) is 2. The van der Waals surface area contributed by atoms with Crippen molar-refractivity contribution in [3.63, 3.8) is 0 Å². The molecule has 2 aliphatic heterocycles.